The van der Waals surface area contributed by atoms with Crippen LogP contribution < -0.4 is 15.4 Å². The molecule has 1 saturated heterocycles. The molecule has 6 rings (SSSR count). The van der Waals surface area contributed by atoms with Crippen LogP contribution in [0.1, 0.15) is 24.2 Å². The fourth-order valence-electron chi connectivity index (χ4n) is 4.65. The molecule has 2 aromatic carbocycles. The second-order valence-corrected chi connectivity index (χ2v) is 12.0. The molecular formula is C27H32N8O3S. The highest BCUT2D eigenvalue weighted by molar-refractivity contribution is 7.90. The van der Waals surface area contributed by atoms with Gasteiger partial charge in [0.25, 0.3) is 0 Å². The number of hydrogen-bond donors (Lipinski definition) is 4. The van der Waals surface area contributed by atoms with Crippen LogP contribution in [0.15, 0.2) is 48.5 Å². The van der Waals surface area contributed by atoms with Gasteiger partial charge in [-0.1, -0.05) is 30.3 Å². The molecule has 4 aromatic rings. The number of ether oxygens (including phenoxy) is 1. The number of hydrogen-bond acceptors (Lipinski definition) is 9. The smallest absolute Gasteiger partial charge is 0.229 e. The lowest BCUT2D eigenvalue weighted by molar-refractivity contribution is 0.0332. The maximum atomic E-state index is 12.3. The van der Waals surface area contributed by atoms with E-state index < -0.39 is 10.0 Å². The molecule has 1 saturated carbocycles. The summed E-state index contributed by atoms with van der Waals surface area (Å²) in [5.74, 6) is 1.88. The Balaban J connectivity index is 1.24. The van der Waals surface area contributed by atoms with Gasteiger partial charge in [0, 0.05) is 29.9 Å². The number of fused-ring (bicyclic) bond motifs is 1. The number of nitrogens with one attached hydrogen (secondary N) is 4. The van der Waals surface area contributed by atoms with Gasteiger partial charge in [0.15, 0.2) is 0 Å². The van der Waals surface area contributed by atoms with Crippen molar-refractivity contribution < 1.29 is 13.2 Å². The fourth-order valence-corrected chi connectivity index (χ4v) is 5.92. The van der Waals surface area contributed by atoms with Crippen molar-refractivity contribution in [1.29, 1.82) is 0 Å². The van der Waals surface area contributed by atoms with Crippen LogP contribution in [-0.2, 0) is 21.3 Å². The van der Waals surface area contributed by atoms with Crippen LogP contribution in [0.3, 0.4) is 0 Å². The summed E-state index contributed by atoms with van der Waals surface area (Å²) in [5.41, 5.74) is 5.16. The van der Waals surface area contributed by atoms with Gasteiger partial charge in [-0.05, 0) is 38.0 Å². The van der Waals surface area contributed by atoms with Crippen molar-refractivity contribution >= 4 is 38.5 Å². The Kier molecular flexibility index (Phi) is 7.17. The lowest BCUT2D eigenvalue weighted by atomic mass is 10.1. The molecule has 1 aliphatic carbocycles. The van der Waals surface area contributed by atoms with E-state index in [4.69, 9.17) is 14.7 Å². The van der Waals surface area contributed by atoms with Crippen molar-refractivity contribution in [3.05, 3.63) is 59.9 Å². The van der Waals surface area contributed by atoms with Crippen molar-refractivity contribution in [2.75, 3.05) is 43.6 Å². The van der Waals surface area contributed by atoms with Crippen molar-refractivity contribution in [3.8, 4) is 11.3 Å². The van der Waals surface area contributed by atoms with E-state index in [0.29, 0.717) is 24.6 Å². The predicted octanol–water partition coefficient (Wildman–Crippen LogP) is 3.36. The molecule has 0 unspecified atom stereocenters. The summed E-state index contributed by atoms with van der Waals surface area (Å²) < 4.78 is 32.6. The number of aromatic amines is 1. The van der Waals surface area contributed by atoms with Crippen molar-refractivity contribution in [1.82, 2.24) is 29.6 Å². The fraction of sp³-hybridized carbons (Fsp3) is 0.370. The van der Waals surface area contributed by atoms with Gasteiger partial charge in [0.05, 0.1) is 48.4 Å². The van der Waals surface area contributed by atoms with Crippen molar-refractivity contribution in [3.63, 3.8) is 0 Å². The first-order valence-electron chi connectivity index (χ1n) is 13.2. The lowest BCUT2D eigenvalue weighted by Gasteiger charge is -2.25. The first kappa shape index (κ1) is 25.7. The summed E-state index contributed by atoms with van der Waals surface area (Å²) >= 11 is 0. The second-order valence-electron chi connectivity index (χ2n) is 9.91. The summed E-state index contributed by atoms with van der Waals surface area (Å²) in [6.45, 7) is 6.03. The summed E-state index contributed by atoms with van der Waals surface area (Å²) in [6.07, 6.45) is 1.42. The standard InChI is InChI=1S/C27H32N8O3S/c1-18-25(19-5-3-2-4-6-19)33-27(34-26(18)28-17-29-39(36,37)21-8-9-21)30-20-7-10-22-23(15-20)32-24(31-22)16-35-11-13-38-14-12-35/h2-7,10,15,21,29H,8-9,11-14,16-17H2,1H3,(H,31,32)(H2,28,30,33,34). The van der Waals surface area contributed by atoms with Gasteiger partial charge in [-0.15, -0.1) is 0 Å². The molecule has 204 valence electrons. The minimum absolute atomic E-state index is 0.0520. The zero-order valence-corrected chi connectivity index (χ0v) is 22.6. The van der Waals surface area contributed by atoms with Gasteiger partial charge >= 0.3 is 0 Å². The molecule has 0 spiro atoms. The third-order valence-electron chi connectivity index (χ3n) is 6.95. The average Bonchev–Trinajstić information content (AvgIpc) is 3.73. The maximum absolute atomic E-state index is 12.3. The lowest BCUT2D eigenvalue weighted by Crippen LogP contribution is -2.35. The van der Waals surface area contributed by atoms with E-state index in [-0.39, 0.29) is 11.9 Å². The number of benzene rings is 2. The molecule has 0 bridgehead atoms. The number of H-pyrrole nitrogens is 1. The molecule has 4 N–H and O–H groups in total. The van der Waals surface area contributed by atoms with Crippen molar-refractivity contribution in [2.24, 2.45) is 0 Å². The van der Waals surface area contributed by atoms with E-state index in [1.165, 1.54) is 0 Å². The van der Waals surface area contributed by atoms with Gasteiger partial charge in [-0.2, -0.15) is 9.71 Å². The number of aromatic nitrogens is 4. The van der Waals surface area contributed by atoms with E-state index in [9.17, 15) is 8.42 Å². The van der Waals surface area contributed by atoms with E-state index in [1.807, 2.05) is 55.5 Å². The van der Waals surface area contributed by atoms with Gasteiger partial charge in [-0.25, -0.2) is 18.4 Å². The van der Waals surface area contributed by atoms with E-state index >= 15 is 0 Å². The third-order valence-corrected chi connectivity index (χ3v) is 8.85. The highest BCUT2D eigenvalue weighted by Crippen LogP contribution is 2.30. The maximum Gasteiger partial charge on any atom is 0.229 e. The van der Waals surface area contributed by atoms with Crippen LogP contribution in [0.5, 0.6) is 0 Å². The third kappa shape index (κ3) is 6.04. The van der Waals surface area contributed by atoms with E-state index in [1.54, 1.807) is 0 Å². The van der Waals surface area contributed by atoms with E-state index in [0.717, 1.165) is 72.2 Å². The zero-order chi connectivity index (χ0) is 26.8. The molecule has 39 heavy (non-hydrogen) atoms. The van der Waals surface area contributed by atoms with Crippen LogP contribution >= 0.6 is 0 Å². The number of rotatable bonds is 10. The number of nitrogens with zero attached hydrogens (tertiary/aromatic N) is 4. The predicted molar refractivity (Wildman–Crippen MR) is 151 cm³/mol. The van der Waals surface area contributed by atoms with Gasteiger partial charge in [0.1, 0.15) is 11.6 Å². The highest BCUT2D eigenvalue weighted by Gasteiger charge is 2.35. The Labute approximate surface area is 227 Å². The number of anilines is 3. The van der Waals surface area contributed by atoms with Crippen LogP contribution in [0.2, 0.25) is 0 Å². The molecule has 12 heteroatoms. The monoisotopic (exact) mass is 548 g/mol. The SMILES string of the molecule is Cc1c(NCNS(=O)(=O)C2CC2)nc(Nc2ccc3nc(CN4CCOCC4)[nH]c3c2)nc1-c1ccccc1. The van der Waals surface area contributed by atoms with Crippen LogP contribution in [0.25, 0.3) is 22.3 Å². The molecule has 0 amide bonds. The molecule has 3 heterocycles. The topological polar surface area (TPSA) is 137 Å². The Morgan fingerprint density at radius 1 is 1.05 bits per heavy atom. The Morgan fingerprint density at radius 2 is 1.85 bits per heavy atom. The first-order valence-corrected chi connectivity index (χ1v) is 14.7. The number of imidazole rings is 1. The molecule has 2 aliphatic rings. The molecule has 2 aromatic heterocycles. The molecule has 2 fully saturated rings. The summed E-state index contributed by atoms with van der Waals surface area (Å²) in [4.78, 5) is 20.0. The van der Waals surface area contributed by atoms with Crippen LogP contribution in [-0.4, -0.2) is 71.5 Å². The highest BCUT2D eigenvalue weighted by atomic mass is 32.2. The first-order chi connectivity index (χ1) is 18.9. The summed E-state index contributed by atoms with van der Waals surface area (Å²) in [7, 11) is -3.31. The normalized spacial score (nSPS) is 16.4. The van der Waals surface area contributed by atoms with Crippen LogP contribution in [0, 0.1) is 6.92 Å². The van der Waals surface area contributed by atoms with Gasteiger partial charge in [-0.3, -0.25) is 4.90 Å². The molecule has 1 aliphatic heterocycles. The number of sulfonamides is 1. The number of morpholine rings is 1. The van der Waals surface area contributed by atoms with Crippen LogP contribution in [0.4, 0.5) is 17.5 Å². The minimum Gasteiger partial charge on any atom is -0.379 e. The Bertz CT molecular complexity index is 1560. The summed E-state index contributed by atoms with van der Waals surface area (Å²) in [6, 6.07) is 15.8. The Morgan fingerprint density at radius 3 is 2.62 bits per heavy atom. The molecule has 0 atom stereocenters. The van der Waals surface area contributed by atoms with Crippen molar-refractivity contribution in [2.45, 2.75) is 31.6 Å². The minimum atomic E-state index is -3.31. The molecular weight excluding hydrogens is 516 g/mol. The largest absolute Gasteiger partial charge is 0.379 e. The molecule has 0 radical (unpaired) electrons. The van der Waals surface area contributed by atoms with E-state index in [2.05, 4.69) is 30.2 Å². The Hall–Kier alpha value is -3.58. The van der Waals surface area contributed by atoms with Gasteiger partial charge < -0.3 is 20.4 Å². The zero-order valence-electron chi connectivity index (χ0n) is 21.8. The molecule has 11 nitrogen and oxygen atoms in total. The second kappa shape index (κ2) is 10.9. The van der Waals surface area contributed by atoms with Gasteiger partial charge in [0.2, 0.25) is 16.0 Å². The quantitative estimate of drug-likeness (QED) is 0.220. The average molecular weight is 549 g/mol. The summed E-state index contributed by atoms with van der Waals surface area (Å²) in [5, 5.41) is 6.19.